The summed E-state index contributed by atoms with van der Waals surface area (Å²) in [5.41, 5.74) is 3.95. The van der Waals surface area contributed by atoms with Crippen LogP contribution in [0, 0.1) is 6.92 Å². The number of hydrogen-bond acceptors (Lipinski definition) is 4. The first kappa shape index (κ1) is 16.6. The summed E-state index contributed by atoms with van der Waals surface area (Å²) in [6.45, 7) is 1.97. The first-order chi connectivity index (χ1) is 12.0. The lowest BCUT2D eigenvalue weighted by Crippen LogP contribution is -1.93. The Labute approximate surface area is 145 Å². The lowest BCUT2D eigenvalue weighted by atomic mass is 10.1. The van der Waals surface area contributed by atoms with Crippen molar-refractivity contribution in [2.75, 3.05) is 14.2 Å². The molecule has 6 heteroatoms. The van der Waals surface area contributed by atoms with E-state index in [-0.39, 0.29) is 0 Å². The summed E-state index contributed by atoms with van der Waals surface area (Å²) in [6.07, 6.45) is 4.58. The lowest BCUT2D eigenvalue weighted by Gasteiger charge is -2.09. The fraction of sp³-hybridized carbons (Fsp3) is 0.158. The van der Waals surface area contributed by atoms with E-state index in [9.17, 15) is 4.79 Å². The molecule has 2 aromatic heterocycles. The molecule has 3 aromatic rings. The van der Waals surface area contributed by atoms with Gasteiger partial charge in [-0.2, -0.15) is 0 Å². The number of fused-ring (bicyclic) bond motifs is 1. The number of aliphatic carboxylic acids is 1. The average molecular weight is 338 g/mol. The molecular formula is C19H18N2O4. The van der Waals surface area contributed by atoms with Gasteiger partial charge in [-0.25, -0.2) is 9.78 Å². The van der Waals surface area contributed by atoms with Gasteiger partial charge >= 0.3 is 5.97 Å². The molecular weight excluding hydrogens is 320 g/mol. The molecule has 0 aliphatic heterocycles. The Balaban J connectivity index is 2.24. The molecule has 2 heterocycles. The maximum absolute atomic E-state index is 11.0. The summed E-state index contributed by atoms with van der Waals surface area (Å²) < 4.78 is 12.5. The number of rotatable bonds is 5. The Hall–Kier alpha value is -3.28. The molecule has 0 amide bonds. The second-order valence-electron chi connectivity index (χ2n) is 5.52. The smallest absolute Gasteiger partial charge is 0.328 e. The van der Waals surface area contributed by atoms with Crippen molar-refractivity contribution in [1.82, 2.24) is 9.38 Å². The Kier molecular flexibility index (Phi) is 4.43. The van der Waals surface area contributed by atoms with Crippen LogP contribution >= 0.6 is 0 Å². The highest BCUT2D eigenvalue weighted by atomic mass is 16.5. The van der Waals surface area contributed by atoms with Crippen molar-refractivity contribution in [3.05, 3.63) is 53.9 Å². The third-order valence-electron chi connectivity index (χ3n) is 3.84. The Morgan fingerprint density at radius 2 is 1.92 bits per heavy atom. The quantitative estimate of drug-likeness (QED) is 0.722. The number of carbonyl (C=O) groups is 1. The van der Waals surface area contributed by atoms with Crippen molar-refractivity contribution in [3.63, 3.8) is 0 Å². The number of aryl methyl sites for hydroxylation is 1. The Morgan fingerprint density at radius 1 is 1.16 bits per heavy atom. The molecule has 0 aliphatic rings. The standard InChI is InChI=1S/C19H18N2O4/c1-12-4-8-17-20-19(14(21(17)11-12)6-9-18(22)23)13-5-7-15(24-2)16(10-13)25-3/h4-11H,1-3H3,(H,22,23). The van der Waals surface area contributed by atoms with Crippen molar-refractivity contribution < 1.29 is 19.4 Å². The van der Waals surface area contributed by atoms with E-state index in [0.29, 0.717) is 22.9 Å². The number of ether oxygens (including phenoxy) is 2. The fourth-order valence-electron chi connectivity index (χ4n) is 2.67. The summed E-state index contributed by atoms with van der Waals surface area (Å²) in [5.74, 6) is 0.191. The molecule has 6 nitrogen and oxygen atoms in total. The minimum atomic E-state index is -1.01. The van der Waals surface area contributed by atoms with Crippen LogP contribution in [0.2, 0.25) is 0 Å². The summed E-state index contributed by atoms with van der Waals surface area (Å²) in [6, 6.07) is 9.36. The number of methoxy groups -OCH3 is 2. The number of carboxylic acids is 1. The first-order valence-electron chi connectivity index (χ1n) is 7.65. The van der Waals surface area contributed by atoms with Gasteiger partial charge < -0.3 is 14.6 Å². The van der Waals surface area contributed by atoms with E-state index in [0.717, 1.165) is 22.9 Å². The zero-order valence-corrected chi connectivity index (χ0v) is 14.2. The van der Waals surface area contributed by atoms with E-state index in [4.69, 9.17) is 14.6 Å². The minimum Gasteiger partial charge on any atom is -0.493 e. The van der Waals surface area contributed by atoms with E-state index in [1.54, 1.807) is 26.4 Å². The van der Waals surface area contributed by atoms with Crippen LogP contribution in [0.5, 0.6) is 11.5 Å². The molecule has 0 spiro atoms. The van der Waals surface area contributed by atoms with Crippen molar-refractivity contribution in [3.8, 4) is 22.8 Å². The largest absolute Gasteiger partial charge is 0.493 e. The zero-order chi connectivity index (χ0) is 18.0. The highest BCUT2D eigenvalue weighted by Gasteiger charge is 2.15. The van der Waals surface area contributed by atoms with Gasteiger partial charge in [-0.3, -0.25) is 4.40 Å². The minimum absolute atomic E-state index is 0.585. The van der Waals surface area contributed by atoms with Crippen molar-refractivity contribution >= 4 is 17.7 Å². The fourth-order valence-corrected chi connectivity index (χ4v) is 2.67. The zero-order valence-electron chi connectivity index (χ0n) is 14.2. The van der Waals surface area contributed by atoms with Crippen LogP contribution in [0.1, 0.15) is 11.3 Å². The lowest BCUT2D eigenvalue weighted by molar-refractivity contribution is -0.131. The molecule has 0 bridgehead atoms. The molecule has 0 atom stereocenters. The van der Waals surface area contributed by atoms with E-state index >= 15 is 0 Å². The normalized spacial score (nSPS) is 11.2. The summed E-state index contributed by atoms with van der Waals surface area (Å²) in [5, 5.41) is 9.00. The summed E-state index contributed by atoms with van der Waals surface area (Å²) >= 11 is 0. The number of pyridine rings is 1. The molecule has 1 aromatic carbocycles. The van der Waals surface area contributed by atoms with Crippen molar-refractivity contribution in [1.29, 1.82) is 0 Å². The molecule has 0 radical (unpaired) electrons. The number of hydrogen-bond donors (Lipinski definition) is 1. The predicted molar refractivity (Wildman–Crippen MR) is 95.1 cm³/mol. The third kappa shape index (κ3) is 3.19. The monoisotopic (exact) mass is 338 g/mol. The van der Waals surface area contributed by atoms with E-state index in [1.807, 2.05) is 41.8 Å². The van der Waals surface area contributed by atoms with Gasteiger partial charge in [-0.1, -0.05) is 6.07 Å². The molecule has 0 aliphatic carbocycles. The molecule has 0 unspecified atom stereocenters. The average Bonchev–Trinajstić information content (AvgIpc) is 2.96. The van der Waals surface area contributed by atoms with E-state index < -0.39 is 5.97 Å². The van der Waals surface area contributed by atoms with E-state index in [2.05, 4.69) is 4.98 Å². The molecule has 25 heavy (non-hydrogen) atoms. The van der Waals surface area contributed by atoms with Gasteiger partial charge in [-0.05, 0) is 42.8 Å². The van der Waals surface area contributed by atoms with Crippen LogP contribution in [-0.4, -0.2) is 34.7 Å². The van der Waals surface area contributed by atoms with Crippen molar-refractivity contribution in [2.45, 2.75) is 6.92 Å². The van der Waals surface area contributed by atoms with Crippen molar-refractivity contribution in [2.24, 2.45) is 0 Å². The molecule has 3 rings (SSSR count). The second kappa shape index (κ2) is 6.68. The molecule has 0 saturated carbocycles. The van der Waals surface area contributed by atoms with Gasteiger partial charge in [0.25, 0.3) is 0 Å². The Morgan fingerprint density at radius 3 is 2.60 bits per heavy atom. The van der Waals surface area contributed by atoms with Gasteiger partial charge in [0.15, 0.2) is 11.5 Å². The maximum atomic E-state index is 11.0. The van der Waals surface area contributed by atoms with Crippen LogP contribution in [0.4, 0.5) is 0 Å². The maximum Gasteiger partial charge on any atom is 0.328 e. The highest BCUT2D eigenvalue weighted by molar-refractivity contribution is 5.87. The van der Waals surface area contributed by atoms with Crippen LogP contribution in [0.3, 0.4) is 0 Å². The summed E-state index contributed by atoms with van der Waals surface area (Å²) in [4.78, 5) is 15.6. The SMILES string of the molecule is COc1ccc(-c2nc3ccc(C)cn3c2C=CC(=O)O)cc1OC. The number of imidazole rings is 1. The number of aromatic nitrogens is 2. The molecule has 0 saturated heterocycles. The first-order valence-corrected chi connectivity index (χ1v) is 7.65. The Bertz CT molecular complexity index is 973. The van der Waals surface area contributed by atoms with Gasteiger partial charge in [0.1, 0.15) is 5.65 Å². The number of nitrogens with zero attached hydrogens (tertiary/aromatic N) is 2. The van der Waals surface area contributed by atoms with E-state index in [1.165, 1.54) is 0 Å². The summed E-state index contributed by atoms with van der Waals surface area (Å²) in [7, 11) is 3.14. The molecule has 128 valence electrons. The van der Waals surface area contributed by atoms with Crippen LogP contribution in [-0.2, 0) is 4.79 Å². The highest BCUT2D eigenvalue weighted by Crippen LogP contribution is 2.34. The van der Waals surface area contributed by atoms with Gasteiger partial charge in [0, 0.05) is 17.8 Å². The van der Waals surface area contributed by atoms with Gasteiger partial charge in [-0.15, -0.1) is 0 Å². The van der Waals surface area contributed by atoms with Gasteiger partial charge in [0.05, 0.1) is 25.6 Å². The molecule has 1 N–H and O–H groups in total. The second-order valence-corrected chi connectivity index (χ2v) is 5.52. The van der Waals surface area contributed by atoms with Crippen LogP contribution < -0.4 is 9.47 Å². The molecule has 0 fully saturated rings. The topological polar surface area (TPSA) is 73.1 Å². The number of carboxylic acid groups (broad SMARTS) is 1. The number of benzene rings is 1. The van der Waals surface area contributed by atoms with Gasteiger partial charge in [0.2, 0.25) is 0 Å². The van der Waals surface area contributed by atoms with Crippen LogP contribution in [0.25, 0.3) is 23.0 Å². The predicted octanol–water partition coefficient (Wildman–Crippen LogP) is 3.42. The third-order valence-corrected chi connectivity index (χ3v) is 3.84. The van der Waals surface area contributed by atoms with Crippen LogP contribution in [0.15, 0.2) is 42.6 Å².